The van der Waals surface area contributed by atoms with Crippen LogP contribution < -0.4 is 9.47 Å². The molecule has 0 bridgehead atoms. The fourth-order valence-electron chi connectivity index (χ4n) is 1.64. The molecule has 0 aliphatic rings. The van der Waals surface area contributed by atoms with E-state index in [0.29, 0.717) is 17.9 Å². The van der Waals surface area contributed by atoms with Crippen LogP contribution in [0.1, 0.15) is 11.1 Å². The average molecular weight is 318 g/mol. The highest BCUT2D eigenvalue weighted by Gasteiger charge is 2.04. The van der Waals surface area contributed by atoms with Crippen molar-refractivity contribution in [2.24, 2.45) is 0 Å². The Hall–Kier alpha value is -1.99. The first-order valence-electron chi connectivity index (χ1n) is 5.68. The smallest absolute Gasteiger partial charge is 0.137 e. The molecule has 0 radical (unpaired) electrons. The molecule has 2 rings (SSSR count). The van der Waals surface area contributed by atoms with Crippen LogP contribution in [0.25, 0.3) is 0 Å². The van der Waals surface area contributed by atoms with Crippen LogP contribution in [0.5, 0.6) is 11.5 Å². The van der Waals surface area contributed by atoms with Gasteiger partial charge >= 0.3 is 0 Å². The standard InChI is InChI=1S/C15H12BrNO2/c1-18-15-7-11(5-6-12(15)9-17)10-19-14-4-2-3-13(16)8-14/h2-8H,10H2,1H3. The van der Waals surface area contributed by atoms with Gasteiger partial charge in [0.2, 0.25) is 0 Å². The molecule has 0 unspecified atom stereocenters. The predicted octanol–water partition coefficient (Wildman–Crippen LogP) is 3.91. The van der Waals surface area contributed by atoms with E-state index in [4.69, 9.17) is 14.7 Å². The van der Waals surface area contributed by atoms with E-state index in [1.807, 2.05) is 36.4 Å². The zero-order valence-electron chi connectivity index (χ0n) is 10.4. The summed E-state index contributed by atoms with van der Waals surface area (Å²) in [5.74, 6) is 1.36. The topological polar surface area (TPSA) is 42.2 Å². The molecule has 0 amide bonds. The molecular weight excluding hydrogens is 306 g/mol. The molecule has 0 fully saturated rings. The SMILES string of the molecule is COc1cc(COc2cccc(Br)c2)ccc1C#N. The molecule has 0 atom stereocenters. The zero-order valence-corrected chi connectivity index (χ0v) is 12.0. The molecule has 0 heterocycles. The summed E-state index contributed by atoms with van der Waals surface area (Å²) in [7, 11) is 1.55. The number of halogens is 1. The van der Waals surface area contributed by atoms with Gasteiger partial charge in [-0.15, -0.1) is 0 Å². The number of hydrogen-bond donors (Lipinski definition) is 0. The molecule has 3 nitrogen and oxygen atoms in total. The van der Waals surface area contributed by atoms with Crippen molar-refractivity contribution < 1.29 is 9.47 Å². The lowest BCUT2D eigenvalue weighted by atomic mass is 10.1. The van der Waals surface area contributed by atoms with E-state index >= 15 is 0 Å². The summed E-state index contributed by atoms with van der Waals surface area (Å²) in [6.45, 7) is 0.429. The molecule has 0 aliphatic carbocycles. The van der Waals surface area contributed by atoms with Crippen LogP contribution in [0.15, 0.2) is 46.9 Å². The summed E-state index contributed by atoms with van der Waals surface area (Å²) >= 11 is 3.39. The Morgan fingerprint density at radius 3 is 2.74 bits per heavy atom. The third kappa shape index (κ3) is 3.49. The predicted molar refractivity (Wildman–Crippen MR) is 76.2 cm³/mol. The number of rotatable bonds is 4. The Balaban J connectivity index is 2.10. The monoisotopic (exact) mass is 317 g/mol. The Bertz CT molecular complexity index is 620. The van der Waals surface area contributed by atoms with Crippen molar-refractivity contribution >= 4 is 15.9 Å². The molecule has 2 aromatic rings. The molecule has 0 aromatic heterocycles. The highest BCUT2D eigenvalue weighted by atomic mass is 79.9. The fraction of sp³-hybridized carbons (Fsp3) is 0.133. The summed E-state index contributed by atoms with van der Waals surface area (Å²) in [6.07, 6.45) is 0. The largest absolute Gasteiger partial charge is 0.495 e. The van der Waals surface area contributed by atoms with Crippen molar-refractivity contribution in [3.05, 3.63) is 58.1 Å². The van der Waals surface area contributed by atoms with Gasteiger partial charge < -0.3 is 9.47 Å². The van der Waals surface area contributed by atoms with Gasteiger partial charge in [0.25, 0.3) is 0 Å². The molecule has 19 heavy (non-hydrogen) atoms. The van der Waals surface area contributed by atoms with Gasteiger partial charge in [-0.2, -0.15) is 5.26 Å². The lowest BCUT2D eigenvalue weighted by Gasteiger charge is -2.09. The Labute approximate surface area is 120 Å². The number of ether oxygens (including phenoxy) is 2. The summed E-state index contributed by atoms with van der Waals surface area (Å²) in [4.78, 5) is 0. The van der Waals surface area contributed by atoms with Crippen LogP contribution in [-0.2, 0) is 6.61 Å². The number of benzene rings is 2. The number of methoxy groups -OCH3 is 1. The molecule has 0 spiro atoms. The molecule has 4 heteroatoms. The quantitative estimate of drug-likeness (QED) is 0.858. The first-order valence-corrected chi connectivity index (χ1v) is 6.47. The van der Waals surface area contributed by atoms with E-state index in [1.165, 1.54) is 0 Å². The van der Waals surface area contributed by atoms with E-state index < -0.39 is 0 Å². The lowest BCUT2D eigenvalue weighted by molar-refractivity contribution is 0.305. The molecule has 0 aliphatic heterocycles. The van der Waals surface area contributed by atoms with E-state index in [9.17, 15) is 0 Å². The van der Waals surface area contributed by atoms with Gasteiger partial charge in [0.05, 0.1) is 12.7 Å². The van der Waals surface area contributed by atoms with Gasteiger partial charge in [-0.25, -0.2) is 0 Å². The van der Waals surface area contributed by atoms with Crippen LogP contribution in [0.4, 0.5) is 0 Å². The summed E-state index contributed by atoms with van der Waals surface area (Å²) in [6, 6.07) is 15.1. The molecule has 2 aromatic carbocycles. The number of nitriles is 1. The van der Waals surface area contributed by atoms with Crippen LogP contribution in [0, 0.1) is 11.3 Å². The molecule has 0 N–H and O–H groups in total. The van der Waals surface area contributed by atoms with Crippen LogP contribution in [-0.4, -0.2) is 7.11 Å². The maximum absolute atomic E-state index is 8.91. The van der Waals surface area contributed by atoms with Crippen molar-refractivity contribution in [2.75, 3.05) is 7.11 Å². The molecular formula is C15H12BrNO2. The van der Waals surface area contributed by atoms with Crippen molar-refractivity contribution in [1.29, 1.82) is 5.26 Å². The average Bonchev–Trinajstić information content (AvgIpc) is 2.45. The van der Waals surface area contributed by atoms with Crippen LogP contribution >= 0.6 is 15.9 Å². The van der Waals surface area contributed by atoms with E-state index in [0.717, 1.165) is 15.8 Å². The van der Waals surface area contributed by atoms with Gasteiger partial charge in [0.15, 0.2) is 0 Å². The lowest BCUT2D eigenvalue weighted by Crippen LogP contribution is -1.97. The van der Waals surface area contributed by atoms with E-state index in [-0.39, 0.29) is 0 Å². The van der Waals surface area contributed by atoms with Gasteiger partial charge in [-0.05, 0) is 35.9 Å². The maximum atomic E-state index is 8.91. The Morgan fingerprint density at radius 1 is 1.21 bits per heavy atom. The van der Waals surface area contributed by atoms with Crippen molar-refractivity contribution in [2.45, 2.75) is 6.61 Å². The van der Waals surface area contributed by atoms with Crippen molar-refractivity contribution in [3.63, 3.8) is 0 Å². The minimum absolute atomic E-state index is 0.429. The second-order valence-electron chi connectivity index (χ2n) is 3.89. The second kappa shape index (κ2) is 6.26. The molecule has 0 saturated heterocycles. The van der Waals surface area contributed by atoms with Crippen molar-refractivity contribution in [3.8, 4) is 17.6 Å². The van der Waals surface area contributed by atoms with Crippen molar-refractivity contribution in [1.82, 2.24) is 0 Å². The number of nitrogens with zero attached hydrogens (tertiary/aromatic N) is 1. The summed E-state index contributed by atoms with van der Waals surface area (Å²) in [5.41, 5.74) is 1.48. The minimum atomic E-state index is 0.429. The summed E-state index contributed by atoms with van der Waals surface area (Å²) in [5, 5.41) is 8.91. The third-order valence-electron chi connectivity index (χ3n) is 2.59. The van der Waals surface area contributed by atoms with E-state index in [2.05, 4.69) is 22.0 Å². The summed E-state index contributed by atoms with van der Waals surface area (Å²) < 4.78 is 11.8. The third-order valence-corrected chi connectivity index (χ3v) is 3.08. The van der Waals surface area contributed by atoms with Crippen LogP contribution in [0.3, 0.4) is 0 Å². The first kappa shape index (κ1) is 13.4. The van der Waals surface area contributed by atoms with Gasteiger partial charge in [-0.1, -0.05) is 28.1 Å². The van der Waals surface area contributed by atoms with Gasteiger partial charge in [-0.3, -0.25) is 0 Å². The highest BCUT2D eigenvalue weighted by Crippen LogP contribution is 2.22. The highest BCUT2D eigenvalue weighted by molar-refractivity contribution is 9.10. The number of hydrogen-bond acceptors (Lipinski definition) is 3. The van der Waals surface area contributed by atoms with Gasteiger partial charge in [0, 0.05) is 4.47 Å². The van der Waals surface area contributed by atoms with Crippen LogP contribution in [0.2, 0.25) is 0 Å². The molecule has 96 valence electrons. The normalized spacial score (nSPS) is 9.74. The van der Waals surface area contributed by atoms with Gasteiger partial charge in [0.1, 0.15) is 24.2 Å². The Morgan fingerprint density at radius 2 is 2.05 bits per heavy atom. The first-order chi connectivity index (χ1) is 9.22. The molecule has 0 saturated carbocycles. The zero-order chi connectivity index (χ0) is 13.7. The Kier molecular flexibility index (Phi) is 4.43. The fourth-order valence-corrected chi connectivity index (χ4v) is 2.02. The minimum Gasteiger partial charge on any atom is -0.495 e. The second-order valence-corrected chi connectivity index (χ2v) is 4.81. The maximum Gasteiger partial charge on any atom is 0.137 e. The van der Waals surface area contributed by atoms with E-state index in [1.54, 1.807) is 13.2 Å².